The van der Waals surface area contributed by atoms with Crippen LogP contribution >= 0.6 is 11.5 Å². The van der Waals surface area contributed by atoms with Crippen molar-refractivity contribution >= 4 is 16.7 Å². The lowest BCUT2D eigenvalue weighted by molar-refractivity contribution is 0.210. The van der Waals surface area contributed by atoms with Crippen molar-refractivity contribution < 1.29 is 0 Å². The Labute approximate surface area is 102 Å². The van der Waals surface area contributed by atoms with Crippen LogP contribution in [0.2, 0.25) is 0 Å². The number of rotatable bonds is 5. The fourth-order valence-electron chi connectivity index (χ4n) is 0.991. The van der Waals surface area contributed by atoms with Crippen LogP contribution in [0.1, 0.15) is 39.4 Å². The molecule has 0 atom stereocenters. The first kappa shape index (κ1) is 13.4. The number of nitrogens with one attached hydrogen (secondary N) is 1. The molecule has 0 saturated carbocycles. The van der Waals surface area contributed by atoms with Crippen LogP contribution in [-0.2, 0) is 0 Å². The molecule has 92 valence electrons. The van der Waals surface area contributed by atoms with Crippen molar-refractivity contribution in [3.05, 3.63) is 5.82 Å². The molecule has 0 radical (unpaired) electrons. The topological polar surface area (TPSA) is 41.1 Å². The zero-order valence-electron chi connectivity index (χ0n) is 11.0. The van der Waals surface area contributed by atoms with E-state index in [1.807, 2.05) is 0 Å². The summed E-state index contributed by atoms with van der Waals surface area (Å²) in [5, 5.41) is 4.26. The zero-order chi connectivity index (χ0) is 12.3. The fraction of sp³-hybridized carbons (Fsp3) is 0.818. The first-order chi connectivity index (χ1) is 7.33. The van der Waals surface area contributed by atoms with Crippen LogP contribution < -0.4 is 5.32 Å². The molecular formula is C11H22N4S. The summed E-state index contributed by atoms with van der Waals surface area (Å²) in [4.78, 5) is 6.65. The minimum atomic E-state index is 0.115. The van der Waals surface area contributed by atoms with E-state index in [9.17, 15) is 0 Å². The lowest BCUT2D eigenvalue weighted by atomic mass is 10.1. The zero-order valence-corrected chi connectivity index (χ0v) is 11.9. The molecule has 1 heterocycles. The second kappa shape index (κ2) is 5.10. The average molecular weight is 242 g/mol. The van der Waals surface area contributed by atoms with Crippen LogP contribution in [0.15, 0.2) is 0 Å². The molecule has 0 saturated heterocycles. The molecule has 0 aliphatic rings. The summed E-state index contributed by atoms with van der Waals surface area (Å²) in [5.41, 5.74) is 0.115. The minimum absolute atomic E-state index is 0.115. The van der Waals surface area contributed by atoms with Gasteiger partial charge >= 0.3 is 0 Å². The Balaban J connectivity index is 2.55. The van der Waals surface area contributed by atoms with Crippen LogP contribution in [0.4, 0.5) is 5.13 Å². The van der Waals surface area contributed by atoms with Gasteiger partial charge in [0.2, 0.25) is 5.13 Å². The van der Waals surface area contributed by atoms with E-state index in [1.54, 1.807) is 0 Å². The van der Waals surface area contributed by atoms with E-state index in [2.05, 4.69) is 61.4 Å². The molecule has 1 N–H and O–H groups in total. The Morgan fingerprint density at radius 2 is 2.00 bits per heavy atom. The highest BCUT2D eigenvalue weighted by molar-refractivity contribution is 7.09. The summed E-state index contributed by atoms with van der Waals surface area (Å²) < 4.78 is 4.32. The standard InChI is InChI=1S/C11H22N4S/c1-8(2)9-13-10(16-14-9)12-7-11(3,4)15(5)6/h8H,7H2,1-6H3,(H,12,13,14). The van der Waals surface area contributed by atoms with Gasteiger partial charge in [0.25, 0.3) is 0 Å². The highest BCUT2D eigenvalue weighted by Crippen LogP contribution is 2.18. The Morgan fingerprint density at radius 3 is 2.44 bits per heavy atom. The Morgan fingerprint density at radius 1 is 1.38 bits per heavy atom. The van der Waals surface area contributed by atoms with Gasteiger partial charge in [-0.15, -0.1) is 0 Å². The predicted octanol–water partition coefficient (Wildman–Crippen LogP) is 2.41. The molecule has 0 bridgehead atoms. The molecule has 0 aliphatic carbocycles. The summed E-state index contributed by atoms with van der Waals surface area (Å²) in [6.07, 6.45) is 0. The van der Waals surface area contributed by atoms with Gasteiger partial charge in [0.15, 0.2) is 0 Å². The van der Waals surface area contributed by atoms with Crippen LogP contribution in [0.3, 0.4) is 0 Å². The van der Waals surface area contributed by atoms with E-state index < -0.39 is 0 Å². The molecule has 1 rings (SSSR count). The molecule has 0 aliphatic heterocycles. The van der Waals surface area contributed by atoms with Crippen LogP contribution in [-0.4, -0.2) is 40.4 Å². The van der Waals surface area contributed by atoms with Crippen LogP contribution in [0, 0.1) is 0 Å². The van der Waals surface area contributed by atoms with Gasteiger partial charge in [-0.25, -0.2) is 4.98 Å². The highest BCUT2D eigenvalue weighted by Gasteiger charge is 2.20. The molecule has 1 aromatic rings. The Kier molecular flexibility index (Phi) is 4.27. The van der Waals surface area contributed by atoms with Crippen molar-refractivity contribution in [1.82, 2.24) is 14.3 Å². The van der Waals surface area contributed by atoms with Crippen LogP contribution in [0.5, 0.6) is 0 Å². The fourth-order valence-corrected chi connectivity index (χ4v) is 1.69. The van der Waals surface area contributed by atoms with Crippen molar-refractivity contribution in [1.29, 1.82) is 0 Å². The maximum atomic E-state index is 4.45. The first-order valence-corrected chi connectivity index (χ1v) is 6.35. The lowest BCUT2D eigenvalue weighted by Crippen LogP contribution is -2.44. The van der Waals surface area contributed by atoms with Crippen molar-refractivity contribution in [2.75, 3.05) is 26.0 Å². The molecule has 1 aromatic heterocycles. The van der Waals surface area contributed by atoms with E-state index in [0.717, 1.165) is 17.5 Å². The Hall–Kier alpha value is -0.680. The van der Waals surface area contributed by atoms with Gasteiger partial charge in [0.1, 0.15) is 5.82 Å². The summed E-state index contributed by atoms with van der Waals surface area (Å²) in [6.45, 7) is 9.48. The molecule has 0 aromatic carbocycles. The van der Waals surface area contributed by atoms with Gasteiger partial charge in [-0.05, 0) is 27.9 Å². The van der Waals surface area contributed by atoms with Gasteiger partial charge in [-0.3, -0.25) is 0 Å². The normalized spacial score (nSPS) is 12.5. The number of hydrogen-bond acceptors (Lipinski definition) is 5. The van der Waals surface area contributed by atoms with Crippen molar-refractivity contribution in [2.45, 2.75) is 39.2 Å². The maximum Gasteiger partial charge on any atom is 0.202 e. The molecule has 4 nitrogen and oxygen atoms in total. The monoisotopic (exact) mass is 242 g/mol. The third-order valence-corrected chi connectivity index (χ3v) is 3.53. The van der Waals surface area contributed by atoms with Crippen molar-refractivity contribution in [3.8, 4) is 0 Å². The molecule has 0 spiro atoms. The van der Waals surface area contributed by atoms with E-state index in [0.29, 0.717) is 5.92 Å². The molecular weight excluding hydrogens is 220 g/mol. The minimum Gasteiger partial charge on any atom is -0.358 e. The maximum absolute atomic E-state index is 4.45. The highest BCUT2D eigenvalue weighted by atomic mass is 32.1. The number of hydrogen-bond donors (Lipinski definition) is 1. The Bertz CT molecular complexity index is 330. The molecule has 0 amide bonds. The van der Waals surface area contributed by atoms with E-state index in [1.165, 1.54) is 11.5 Å². The number of anilines is 1. The second-order valence-electron chi connectivity index (χ2n) is 5.17. The van der Waals surface area contributed by atoms with Gasteiger partial charge in [-0.1, -0.05) is 13.8 Å². The summed E-state index contributed by atoms with van der Waals surface area (Å²) in [7, 11) is 4.17. The molecule has 16 heavy (non-hydrogen) atoms. The van der Waals surface area contributed by atoms with Gasteiger partial charge < -0.3 is 10.2 Å². The van der Waals surface area contributed by atoms with Crippen molar-refractivity contribution in [2.24, 2.45) is 0 Å². The predicted molar refractivity (Wildman–Crippen MR) is 70.3 cm³/mol. The quantitative estimate of drug-likeness (QED) is 0.861. The largest absolute Gasteiger partial charge is 0.358 e. The van der Waals surface area contributed by atoms with Crippen LogP contribution in [0.25, 0.3) is 0 Å². The SMILES string of the molecule is CC(C)c1nsc(NCC(C)(C)N(C)C)n1. The molecule has 0 fully saturated rings. The summed E-state index contributed by atoms with van der Waals surface area (Å²) in [6, 6.07) is 0. The second-order valence-corrected chi connectivity index (χ2v) is 5.92. The first-order valence-electron chi connectivity index (χ1n) is 5.58. The number of nitrogens with zero attached hydrogens (tertiary/aromatic N) is 3. The van der Waals surface area contributed by atoms with Gasteiger partial charge in [0.05, 0.1) is 0 Å². The average Bonchev–Trinajstić information content (AvgIpc) is 2.63. The summed E-state index contributed by atoms with van der Waals surface area (Å²) >= 11 is 1.44. The number of likely N-dealkylation sites (N-methyl/N-ethyl adjacent to an activating group) is 1. The number of aromatic nitrogens is 2. The van der Waals surface area contributed by atoms with E-state index >= 15 is 0 Å². The third-order valence-electron chi connectivity index (χ3n) is 2.84. The third kappa shape index (κ3) is 3.42. The van der Waals surface area contributed by atoms with Gasteiger partial charge in [0, 0.05) is 29.5 Å². The summed E-state index contributed by atoms with van der Waals surface area (Å²) in [5.74, 6) is 1.32. The molecule has 5 heteroatoms. The van der Waals surface area contributed by atoms with E-state index in [4.69, 9.17) is 0 Å². The lowest BCUT2D eigenvalue weighted by Gasteiger charge is -2.32. The molecule has 0 unspecified atom stereocenters. The van der Waals surface area contributed by atoms with Crippen molar-refractivity contribution in [3.63, 3.8) is 0 Å². The smallest absolute Gasteiger partial charge is 0.202 e. The van der Waals surface area contributed by atoms with Gasteiger partial charge in [-0.2, -0.15) is 4.37 Å². The van der Waals surface area contributed by atoms with E-state index in [-0.39, 0.29) is 5.54 Å².